The van der Waals surface area contributed by atoms with E-state index in [9.17, 15) is 18.0 Å². The summed E-state index contributed by atoms with van der Waals surface area (Å²) in [4.78, 5) is 11.3. The molecule has 0 radical (unpaired) electrons. The Kier molecular flexibility index (Phi) is 6.86. The number of para-hydroxylation sites is 1. The average molecular weight is 291 g/mol. The van der Waals surface area contributed by atoms with Crippen molar-refractivity contribution in [1.29, 1.82) is 0 Å². The van der Waals surface area contributed by atoms with E-state index in [1.165, 1.54) is 0 Å². The zero-order valence-electron chi connectivity index (χ0n) is 10.8. The smallest absolute Gasteiger partial charge is 0.411 e. The van der Waals surface area contributed by atoms with E-state index in [2.05, 4.69) is 10.1 Å². The van der Waals surface area contributed by atoms with E-state index in [1.54, 1.807) is 12.1 Å². The van der Waals surface area contributed by atoms with Gasteiger partial charge in [0.15, 0.2) is 0 Å². The lowest BCUT2D eigenvalue weighted by Gasteiger charge is -2.09. The summed E-state index contributed by atoms with van der Waals surface area (Å²) < 4.78 is 44.9. The second-order valence-corrected chi connectivity index (χ2v) is 3.93. The van der Waals surface area contributed by atoms with E-state index in [0.717, 1.165) is 0 Å². The average Bonchev–Trinajstić information content (AvgIpc) is 2.40. The Morgan fingerprint density at radius 1 is 1.15 bits per heavy atom. The Bertz CT molecular complexity index is 396. The van der Waals surface area contributed by atoms with E-state index < -0.39 is 12.8 Å². The normalized spacial score (nSPS) is 11.2. The third kappa shape index (κ3) is 8.36. The molecule has 20 heavy (non-hydrogen) atoms. The van der Waals surface area contributed by atoms with E-state index in [-0.39, 0.29) is 25.5 Å². The number of ether oxygens (including phenoxy) is 2. The van der Waals surface area contributed by atoms with Gasteiger partial charge in [0.05, 0.1) is 13.2 Å². The van der Waals surface area contributed by atoms with Crippen molar-refractivity contribution in [2.24, 2.45) is 0 Å². The second kappa shape index (κ2) is 8.42. The van der Waals surface area contributed by atoms with Crippen molar-refractivity contribution in [2.75, 3.05) is 26.4 Å². The Morgan fingerprint density at radius 2 is 1.85 bits per heavy atom. The molecule has 7 heteroatoms. The first-order chi connectivity index (χ1) is 9.47. The topological polar surface area (TPSA) is 47.6 Å². The van der Waals surface area contributed by atoms with Crippen LogP contribution < -0.4 is 10.1 Å². The predicted octanol–water partition coefficient (Wildman–Crippen LogP) is 2.15. The van der Waals surface area contributed by atoms with Crippen molar-refractivity contribution in [1.82, 2.24) is 5.32 Å². The molecular formula is C13H16F3NO3. The van der Waals surface area contributed by atoms with Crippen LogP contribution in [0.25, 0.3) is 0 Å². The summed E-state index contributed by atoms with van der Waals surface area (Å²) in [6.45, 7) is -1.02. The zero-order valence-corrected chi connectivity index (χ0v) is 10.8. The number of carbonyl (C=O) groups excluding carboxylic acids is 1. The first kappa shape index (κ1) is 16.3. The van der Waals surface area contributed by atoms with Crippen molar-refractivity contribution in [3.05, 3.63) is 30.3 Å². The fraction of sp³-hybridized carbons (Fsp3) is 0.462. The largest absolute Gasteiger partial charge is 0.492 e. The molecule has 0 unspecified atom stereocenters. The van der Waals surface area contributed by atoms with Crippen molar-refractivity contribution in [3.8, 4) is 5.75 Å². The van der Waals surface area contributed by atoms with Crippen LogP contribution >= 0.6 is 0 Å². The summed E-state index contributed by atoms with van der Waals surface area (Å²) in [5, 5.41) is 2.53. The molecule has 1 N–H and O–H groups in total. The van der Waals surface area contributed by atoms with Crippen molar-refractivity contribution in [2.45, 2.75) is 12.6 Å². The van der Waals surface area contributed by atoms with Gasteiger partial charge in [0.25, 0.3) is 0 Å². The highest BCUT2D eigenvalue weighted by Gasteiger charge is 2.27. The third-order valence-electron chi connectivity index (χ3n) is 2.18. The van der Waals surface area contributed by atoms with Gasteiger partial charge in [-0.2, -0.15) is 13.2 Å². The number of halogens is 3. The molecule has 1 amide bonds. The quantitative estimate of drug-likeness (QED) is 0.747. The standard InChI is InChI=1S/C13H16F3NO3/c14-13(15,16)10-19-8-6-12(18)17-7-9-20-11-4-2-1-3-5-11/h1-5H,6-10H2,(H,17,18). The van der Waals surface area contributed by atoms with Gasteiger partial charge < -0.3 is 14.8 Å². The monoisotopic (exact) mass is 291 g/mol. The Morgan fingerprint density at radius 3 is 2.50 bits per heavy atom. The molecular weight excluding hydrogens is 275 g/mol. The van der Waals surface area contributed by atoms with Gasteiger partial charge in [0.2, 0.25) is 5.91 Å². The van der Waals surface area contributed by atoms with Gasteiger partial charge in [-0.3, -0.25) is 4.79 Å². The van der Waals surface area contributed by atoms with Crippen LogP contribution in [0.4, 0.5) is 13.2 Å². The van der Waals surface area contributed by atoms with Crippen LogP contribution in [-0.2, 0) is 9.53 Å². The molecule has 0 aromatic heterocycles. The lowest BCUT2D eigenvalue weighted by atomic mass is 10.3. The van der Waals surface area contributed by atoms with E-state index in [0.29, 0.717) is 12.4 Å². The number of amides is 1. The number of carbonyl (C=O) groups is 1. The number of rotatable bonds is 8. The first-order valence-corrected chi connectivity index (χ1v) is 6.06. The predicted molar refractivity (Wildman–Crippen MR) is 66.4 cm³/mol. The minimum atomic E-state index is -4.36. The minimum absolute atomic E-state index is 0.110. The molecule has 0 aliphatic heterocycles. The molecule has 4 nitrogen and oxygen atoms in total. The van der Waals surface area contributed by atoms with Gasteiger partial charge in [-0.1, -0.05) is 18.2 Å². The van der Waals surface area contributed by atoms with Gasteiger partial charge in [-0.15, -0.1) is 0 Å². The Balaban J connectivity index is 2.00. The van der Waals surface area contributed by atoms with Crippen LogP contribution in [0, 0.1) is 0 Å². The maximum absolute atomic E-state index is 11.7. The number of hydrogen-bond acceptors (Lipinski definition) is 3. The van der Waals surface area contributed by atoms with Crippen molar-refractivity contribution >= 4 is 5.91 Å². The zero-order chi connectivity index (χ0) is 14.8. The molecule has 0 saturated heterocycles. The van der Waals surface area contributed by atoms with Crippen LogP contribution in [0.15, 0.2) is 30.3 Å². The summed E-state index contributed by atoms with van der Waals surface area (Å²) >= 11 is 0. The number of alkyl halides is 3. The summed E-state index contributed by atoms with van der Waals surface area (Å²) in [7, 11) is 0. The van der Waals surface area contributed by atoms with E-state index in [1.807, 2.05) is 18.2 Å². The first-order valence-electron chi connectivity index (χ1n) is 6.06. The van der Waals surface area contributed by atoms with Gasteiger partial charge in [0.1, 0.15) is 19.0 Å². The third-order valence-corrected chi connectivity index (χ3v) is 2.18. The lowest BCUT2D eigenvalue weighted by molar-refractivity contribution is -0.174. The summed E-state index contributed by atoms with van der Waals surface area (Å²) in [5.74, 6) is 0.319. The van der Waals surface area contributed by atoms with Gasteiger partial charge in [-0.25, -0.2) is 0 Å². The van der Waals surface area contributed by atoms with Gasteiger partial charge >= 0.3 is 6.18 Å². The molecule has 0 heterocycles. The fourth-order valence-electron chi connectivity index (χ4n) is 1.32. The maximum atomic E-state index is 11.7. The fourth-order valence-corrected chi connectivity index (χ4v) is 1.32. The molecule has 0 aliphatic rings. The van der Waals surface area contributed by atoms with Gasteiger partial charge in [-0.05, 0) is 12.1 Å². The lowest BCUT2D eigenvalue weighted by Crippen LogP contribution is -2.29. The maximum Gasteiger partial charge on any atom is 0.411 e. The van der Waals surface area contributed by atoms with E-state index in [4.69, 9.17) is 4.74 Å². The highest BCUT2D eigenvalue weighted by molar-refractivity contribution is 5.75. The summed E-state index contributed by atoms with van der Waals surface area (Å²) in [6.07, 6.45) is -4.47. The minimum Gasteiger partial charge on any atom is -0.492 e. The molecule has 1 aromatic rings. The molecule has 1 aromatic carbocycles. The van der Waals surface area contributed by atoms with E-state index >= 15 is 0 Å². The number of hydrogen-bond donors (Lipinski definition) is 1. The Hall–Kier alpha value is -1.76. The highest BCUT2D eigenvalue weighted by atomic mass is 19.4. The summed E-state index contributed by atoms with van der Waals surface area (Å²) in [6, 6.07) is 9.08. The van der Waals surface area contributed by atoms with Crippen LogP contribution in [0.2, 0.25) is 0 Å². The molecule has 1 rings (SSSR count). The molecule has 112 valence electrons. The van der Waals surface area contributed by atoms with Crippen LogP contribution in [0.1, 0.15) is 6.42 Å². The highest BCUT2D eigenvalue weighted by Crippen LogP contribution is 2.14. The number of nitrogens with one attached hydrogen (secondary N) is 1. The van der Waals surface area contributed by atoms with Gasteiger partial charge in [0, 0.05) is 6.42 Å². The second-order valence-electron chi connectivity index (χ2n) is 3.93. The van der Waals surface area contributed by atoms with Crippen LogP contribution in [0.3, 0.4) is 0 Å². The molecule has 0 fully saturated rings. The SMILES string of the molecule is O=C(CCOCC(F)(F)F)NCCOc1ccccc1. The molecule has 0 atom stereocenters. The molecule has 0 saturated carbocycles. The van der Waals surface area contributed by atoms with Crippen molar-refractivity contribution < 1.29 is 27.4 Å². The Labute approximate surface area is 114 Å². The van der Waals surface area contributed by atoms with Crippen LogP contribution in [-0.4, -0.2) is 38.4 Å². The van der Waals surface area contributed by atoms with Crippen molar-refractivity contribution in [3.63, 3.8) is 0 Å². The summed E-state index contributed by atoms with van der Waals surface area (Å²) in [5.41, 5.74) is 0. The molecule has 0 aliphatic carbocycles. The molecule has 0 spiro atoms. The molecule has 0 bridgehead atoms. The van der Waals surface area contributed by atoms with Crippen LogP contribution in [0.5, 0.6) is 5.75 Å². The number of benzene rings is 1.